The number of ether oxygens (including phenoxy) is 1. The van der Waals surface area contributed by atoms with Crippen molar-refractivity contribution in [2.75, 3.05) is 25.0 Å². The van der Waals surface area contributed by atoms with E-state index in [0.717, 1.165) is 30.4 Å². The van der Waals surface area contributed by atoms with Crippen LogP contribution in [0.25, 0.3) is 0 Å². The Morgan fingerprint density at radius 3 is 3.05 bits per heavy atom. The van der Waals surface area contributed by atoms with Gasteiger partial charge >= 0.3 is 0 Å². The number of benzene rings is 1. The second-order valence-electron chi connectivity index (χ2n) is 6.27. The van der Waals surface area contributed by atoms with Gasteiger partial charge in [-0.05, 0) is 57.4 Å². The van der Waals surface area contributed by atoms with Crippen LogP contribution < -0.4 is 10.1 Å². The summed E-state index contributed by atoms with van der Waals surface area (Å²) in [7, 11) is 0. The molecule has 3 heteroatoms. The molecule has 1 aromatic carbocycles. The van der Waals surface area contributed by atoms with E-state index in [1.54, 1.807) is 0 Å². The van der Waals surface area contributed by atoms with Gasteiger partial charge in [0.15, 0.2) is 0 Å². The highest BCUT2D eigenvalue weighted by Crippen LogP contribution is 2.30. The molecule has 1 N–H and O–H groups in total. The highest BCUT2D eigenvalue weighted by molar-refractivity contribution is 5.59. The lowest BCUT2D eigenvalue weighted by molar-refractivity contribution is 0.163. The Hall–Kier alpha value is -1.22. The molecule has 2 heterocycles. The molecule has 3 nitrogen and oxygen atoms in total. The zero-order valence-electron chi connectivity index (χ0n) is 12.7. The molecule has 110 valence electrons. The van der Waals surface area contributed by atoms with Gasteiger partial charge in [-0.1, -0.05) is 12.5 Å². The second-order valence-corrected chi connectivity index (χ2v) is 6.27. The molecule has 2 aliphatic rings. The molecule has 0 aromatic heterocycles. The van der Waals surface area contributed by atoms with E-state index >= 15 is 0 Å². The molecule has 20 heavy (non-hydrogen) atoms. The Morgan fingerprint density at radius 2 is 2.20 bits per heavy atom. The molecule has 2 atom stereocenters. The van der Waals surface area contributed by atoms with Crippen LogP contribution in [0.15, 0.2) is 18.2 Å². The summed E-state index contributed by atoms with van der Waals surface area (Å²) < 4.78 is 5.83. The minimum absolute atomic E-state index is 0.266. The Labute approximate surface area is 122 Å². The molecular weight excluding hydrogens is 248 g/mol. The van der Waals surface area contributed by atoms with E-state index in [2.05, 4.69) is 42.3 Å². The van der Waals surface area contributed by atoms with Gasteiger partial charge in [0.25, 0.3) is 0 Å². The summed E-state index contributed by atoms with van der Waals surface area (Å²) in [5, 5.41) is 3.46. The minimum atomic E-state index is 0.266. The third-order valence-electron chi connectivity index (χ3n) is 4.58. The summed E-state index contributed by atoms with van der Waals surface area (Å²) >= 11 is 0. The SMILES string of the molecule is CC1CNc2cc(CCN3CCCCC3C)ccc2O1. The molecule has 0 aliphatic carbocycles. The van der Waals surface area contributed by atoms with Gasteiger partial charge in [-0.2, -0.15) is 0 Å². The van der Waals surface area contributed by atoms with E-state index < -0.39 is 0 Å². The lowest BCUT2D eigenvalue weighted by atomic mass is 10.0. The molecule has 1 aromatic rings. The fraction of sp³-hybridized carbons (Fsp3) is 0.647. The minimum Gasteiger partial charge on any atom is -0.487 e. The van der Waals surface area contributed by atoms with Gasteiger partial charge in [0, 0.05) is 12.6 Å². The molecule has 0 spiro atoms. The molecular formula is C17H26N2O. The average molecular weight is 274 g/mol. The zero-order chi connectivity index (χ0) is 13.9. The topological polar surface area (TPSA) is 24.5 Å². The fourth-order valence-electron chi connectivity index (χ4n) is 3.25. The number of piperidine rings is 1. The Morgan fingerprint density at radius 1 is 1.30 bits per heavy atom. The number of hydrogen-bond donors (Lipinski definition) is 1. The molecule has 0 saturated carbocycles. The third-order valence-corrected chi connectivity index (χ3v) is 4.58. The lowest BCUT2D eigenvalue weighted by Crippen LogP contribution is -2.38. The van der Waals surface area contributed by atoms with Crippen molar-refractivity contribution in [2.24, 2.45) is 0 Å². The van der Waals surface area contributed by atoms with Gasteiger partial charge in [-0.3, -0.25) is 0 Å². The van der Waals surface area contributed by atoms with Crippen molar-refractivity contribution in [3.05, 3.63) is 23.8 Å². The van der Waals surface area contributed by atoms with Crippen LogP contribution in [-0.2, 0) is 6.42 Å². The summed E-state index contributed by atoms with van der Waals surface area (Å²) in [5.74, 6) is 0.999. The lowest BCUT2D eigenvalue weighted by Gasteiger charge is -2.33. The third kappa shape index (κ3) is 3.09. The van der Waals surface area contributed by atoms with Crippen LogP contribution in [0.2, 0.25) is 0 Å². The van der Waals surface area contributed by atoms with E-state index in [-0.39, 0.29) is 6.10 Å². The van der Waals surface area contributed by atoms with Crippen LogP contribution in [0.4, 0.5) is 5.69 Å². The largest absolute Gasteiger partial charge is 0.487 e. The van der Waals surface area contributed by atoms with Crippen molar-refractivity contribution in [1.29, 1.82) is 0 Å². The first-order valence-corrected chi connectivity index (χ1v) is 8.00. The number of anilines is 1. The van der Waals surface area contributed by atoms with Crippen LogP contribution in [0.5, 0.6) is 5.75 Å². The standard InChI is InChI=1S/C17H26N2O/c1-13-5-3-4-9-19(13)10-8-15-6-7-17-16(11-15)18-12-14(2)20-17/h6-7,11,13-14,18H,3-5,8-10,12H2,1-2H3. The summed E-state index contributed by atoms with van der Waals surface area (Å²) in [4.78, 5) is 2.63. The summed E-state index contributed by atoms with van der Waals surface area (Å²) in [6, 6.07) is 7.35. The van der Waals surface area contributed by atoms with Crippen LogP contribution in [0.1, 0.15) is 38.7 Å². The first-order chi connectivity index (χ1) is 9.72. The quantitative estimate of drug-likeness (QED) is 0.915. The fourth-order valence-corrected chi connectivity index (χ4v) is 3.25. The molecule has 2 aliphatic heterocycles. The normalized spacial score (nSPS) is 26.5. The smallest absolute Gasteiger partial charge is 0.142 e. The number of fused-ring (bicyclic) bond motifs is 1. The van der Waals surface area contributed by atoms with E-state index in [4.69, 9.17) is 4.74 Å². The maximum Gasteiger partial charge on any atom is 0.142 e. The first-order valence-electron chi connectivity index (χ1n) is 8.00. The van der Waals surface area contributed by atoms with E-state index in [0.29, 0.717) is 0 Å². The van der Waals surface area contributed by atoms with E-state index in [9.17, 15) is 0 Å². The van der Waals surface area contributed by atoms with Gasteiger partial charge in [-0.25, -0.2) is 0 Å². The van der Waals surface area contributed by atoms with Gasteiger partial charge in [0.1, 0.15) is 11.9 Å². The maximum absolute atomic E-state index is 5.83. The van der Waals surface area contributed by atoms with Crippen molar-refractivity contribution in [3.8, 4) is 5.75 Å². The first kappa shape index (κ1) is 13.7. The number of likely N-dealkylation sites (tertiary alicyclic amines) is 1. The van der Waals surface area contributed by atoms with Gasteiger partial charge in [-0.15, -0.1) is 0 Å². The van der Waals surface area contributed by atoms with Gasteiger partial charge in [0.2, 0.25) is 0 Å². The molecule has 0 amide bonds. The van der Waals surface area contributed by atoms with E-state index in [1.807, 2.05) is 0 Å². The summed E-state index contributed by atoms with van der Waals surface area (Å²) in [5.41, 5.74) is 2.57. The maximum atomic E-state index is 5.83. The Bertz CT molecular complexity index is 460. The van der Waals surface area contributed by atoms with Crippen LogP contribution >= 0.6 is 0 Å². The predicted octanol–water partition coefficient (Wildman–Crippen LogP) is 3.30. The summed E-state index contributed by atoms with van der Waals surface area (Å²) in [6.45, 7) is 7.81. The number of hydrogen-bond acceptors (Lipinski definition) is 3. The van der Waals surface area contributed by atoms with Crippen LogP contribution in [-0.4, -0.2) is 36.7 Å². The van der Waals surface area contributed by atoms with Crippen LogP contribution in [0.3, 0.4) is 0 Å². The van der Waals surface area contributed by atoms with Crippen molar-refractivity contribution in [3.63, 3.8) is 0 Å². The highest BCUT2D eigenvalue weighted by atomic mass is 16.5. The Kier molecular flexibility index (Phi) is 4.16. The van der Waals surface area contributed by atoms with Crippen molar-refractivity contribution in [1.82, 2.24) is 4.90 Å². The molecule has 0 radical (unpaired) electrons. The van der Waals surface area contributed by atoms with Crippen molar-refractivity contribution in [2.45, 2.75) is 51.7 Å². The van der Waals surface area contributed by atoms with Gasteiger partial charge in [0.05, 0.1) is 12.2 Å². The Balaban J connectivity index is 1.60. The molecule has 1 fully saturated rings. The monoisotopic (exact) mass is 274 g/mol. The molecule has 0 bridgehead atoms. The number of rotatable bonds is 3. The second kappa shape index (κ2) is 6.04. The molecule has 2 unspecified atom stereocenters. The predicted molar refractivity (Wildman–Crippen MR) is 83.6 cm³/mol. The zero-order valence-corrected chi connectivity index (χ0v) is 12.7. The number of nitrogens with zero attached hydrogens (tertiary/aromatic N) is 1. The summed E-state index contributed by atoms with van der Waals surface area (Å²) in [6.07, 6.45) is 5.52. The van der Waals surface area contributed by atoms with Crippen molar-refractivity contribution >= 4 is 5.69 Å². The average Bonchev–Trinajstić information content (AvgIpc) is 2.46. The van der Waals surface area contributed by atoms with Crippen LogP contribution in [0, 0.1) is 0 Å². The van der Waals surface area contributed by atoms with E-state index in [1.165, 1.54) is 37.9 Å². The molecule has 3 rings (SSSR count). The van der Waals surface area contributed by atoms with Gasteiger partial charge < -0.3 is 15.0 Å². The highest BCUT2D eigenvalue weighted by Gasteiger charge is 2.18. The van der Waals surface area contributed by atoms with Crippen molar-refractivity contribution < 1.29 is 4.74 Å². The molecule has 1 saturated heterocycles. The number of nitrogens with one attached hydrogen (secondary N) is 1.